The number of hydrogen-bond donors (Lipinski definition) is 1. The van der Waals surface area contributed by atoms with E-state index in [1.807, 2.05) is 0 Å². The standard InChI is InChI=1S/C16H14N2O2S/c1-20-11-5-2-4-10(8-11)15(19)18-16-13(9-17)12-6-3-7-14(12)21-16/h2,4-5,8H,3,6-7H2,1H3,(H,18,19). The van der Waals surface area contributed by atoms with E-state index < -0.39 is 0 Å². The van der Waals surface area contributed by atoms with Gasteiger partial charge in [0.1, 0.15) is 16.8 Å². The normalized spacial score (nSPS) is 12.6. The molecule has 1 amide bonds. The lowest BCUT2D eigenvalue weighted by molar-refractivity contribution is 0.102. The molecule has 0 unspecified atom stereocenters. The van der Waals surface area contributed by atoms with Gasteiger partial charge in [-0.05, 0) is 43.0 Å². The fourth-order valence-electron chi connectivity index (χ4n) is 2.55. The van der Waals surface area contributed by atoms with Gasteiger partial charge in [-0.15, -0.1) is 11.3 Å². The summed E-state index contributed by atoms with van der Waals surface area (Å²) in [7, 11) is 1.56. The largest absolute Gasteiger partial charge is 0.497 e. The van der Waals surface area contributed by atoms with Crippen molar-refractivity contribution in [2.75, 3.05) is 12.4 Å². The summed E-state index contributed by atoms with van der Waals surface area (Å²) in [5, 5.41) is 12.8. The van der Waals surface area contributed by atoms with Crippen molar-refractivity contribution in [1.82, 2.24) is 0 Å². The number of anilines is 1. The van der Waals surface area contributed by atoms with Gasteiger partial charge in [-0.25, -0.2) is 0 Å². The Labute approximate surface area is 127 Å². The smallest absolute Gasteiger partial charge is 0.256 e. The van der Waals surface area contributed by atoms with Crippen LogP contribution < -0.4 is 10.1 Å². The van der Waals surface area contributed by atoms with Crippen molar-refractivity contribution in [3.8, 4) is 11.8 Å². The summed E-state index contributed by atoms with van der Waals surface area (Å²) in [6.45, 7) is 0. The van der Waals surface area contributed by atoms with Crippen LogP contribution in [0.3, 0.4) is 0 Å². The fraction of sp³-hybridized carbons (Fsp3) is 0.250. The van der Waals surface area contributed by atoms with Crippen LogP contribution in [0.2, 0.25) is 0 Å². The number of amides is 1. The minimum absolute atomic E-state index is 0.217. The Morgan fingerprint density at radius 2 is 2.29 bits per heavy atom. The Hall–Kier alpha value is -2.32. The van der Waals surface area contributed by atoms with Gasteiger partial charge in [0.2, 0.25) is 0 Å². The minimum atomic E-state index is -0.217. The molecule has 1 heterocycles. The summed E-state index contributed by atoms with van der Waals surface area (Å²) in [6, 6.07) is 9.20. The molecule has 1 aliphatic rings. The Morgan fingerprint density at radius 3 is 3.05 bits per heavy atom. The molecule has 2 aromatic rings. The lowest BCUT2D eigenvalue weighted by Crippen LogP contribution is -2.11. The predicted molar refractivity (Wildman–Crippen MR) is 82.0 cm³/mol. The Balaban J connectivity index is 1.87. The molecule has 0 atom stereocenters. The van der Waals surface area contributed by atoms with E-state index in [9.17, 15) is 10.1 Å². The van der Waals surface area contributed by atoms with Crippen LogP contribution in [-0.4, -0.2) is 13.0 Å². The number of fused-ring (bicyclic) bond motifs is 1. The number of rotatable bonds is 3. The topological polar surface area (TPSA) is 62.1 Å². The Kier molecular flexibility index (Phi) is 3.63. The van der Waals surface area contributed by atoms with Crippen molar-refractivity contribution in [1.29, 1.82) is 5.26 Å². The maximum Gasteiger partial charge on any atom is 0.256 e. The van der Waals surface area contributed by atoms with Crippen LogP contribution in [-0.2, 0) is 12.8 Å². The van der Waals surface area contributed by atoms with Gasteiger partial charge in [0.15, 0.2) is 0 Å². The summed E-state index contributed by atoms with van der Waals surface area (Å²) in [4.78, 5) is 13.5. The van der Waals surface area contributed by atoms with Gasteiger partial charge in [-0.2, -0.15) is 5.26 Å². The Bertz CT molecular complexity index is 743. The van der Waals surface area contributed by atoms with Crippen LogP contribution in [0.1, 0.15) is 32.8 Å². The molecule has 0 saturated carbocycles. The third-order valence-electron chi connectivity index (χ3n) is 3.59. The number of benzene rings is 1. The van der Waals surface area contributed by atoms with Gasteiger partial charge in [0.25, 0.3) is 5.91 Å². The van der Waals surface area contributed by atoms with E-state index in [4.69, 9.17) is 4.74 Å². The molecule has 0 bridgehead atoms. The van der Waals surface area contributed by atoms with Crippen molar-refractivity contribution in [3.63, 3.8) is 0 Å². The van der Waals surface area contributed by atoms with E-state index >= 15 is 0 Å². The summed E-state index contributed by atoms with van der Waals surface area (Å²) in [5.74, 6) is 0.419. The first kappa shape index (κ1) is 13.7. The van der Waals surface area contributed by atoms with E-state index in [0.717, 1.165) is 24.8 Å². The van der Waals surface area contributed by atoms with Crippen LogP contribution in [0.5, 0.6) is 5.75 Å². The third kappa shape index (κ3) is 2.50. The van der Waals surface area contributed by atoms with Crippen LogP contribution in [0.15, 0.2) is 24.3 Å². The molecule has 1 aromatic heterocycles. The quantitative estimate of drug-likeness (QED) is 0.945. The minimum Gasteiger partial charge on any atom is -0.497 e. The third-order valence-corrected chi connectivity index (χ3v) is 4.80. The lowest BCUT2D eigenvalue weighted by atomic mass is 10.1. The van der Waals surface area contributed by atoms with E-state index in [-0.39, 0.29) is 5.91 Å². The van der Waals surface area contributed by atoms with Crippen molar-refractivity contribution in [2.24, 2.45) is 0 Å². The number of aryl methyl sites for hydroxylation is 1. The molecule has 106 valence electrons. The molecule has 0 fully saturated rings. The summed E-state index contributed by atoms with van der Waals surface area (Å²) >= 11 is 1.52. The molecule has 0 spiro atoms. The van der Waals surface area contributed by atoms with E-state index in [0.29, 0.717) is 21.9 Å². The van der Waals surface area contributed by atoms with E-state index in [1.165, 1.54) is 16.2 Å². The number of nitriles is 1. The van der Waals surface area contributed by atoms with Crippen molar-refractivity contribution in [3.05, 3.63) is 45.8 Å². The zero-order valence-electron chi connectivity index (χ0n) is 11.6. The zero-order valence-corrected chi connectivity index (χ0v) is 12.4. The molecule has 1 aliphatic carbocycles. The predicted octanol–water partition coefficient (Wildman–Crippen LogP) is 3.37. The van der Waals surface area contributed by atoms with Gasteiger partial charge < -0.3 is 10.1 Å². The van der Waals surface area contributed by atoms with Crippen LogP contribution in [0.25, 0.3) is 0 Å². The highest BCUT2D eigenvalue weighted by Crippen LogP contribution is 2.38. The molecule has 0 radical (unpaired) electrons. The Morgan fingerprint density at radius 1 is 1.43 bits per heavy atom. The van der Waals surface area contributed by atoms with Gasteiger partial charge in [0, 0.05) is 10.4 Å². The second-order valence-electron chi connectivity index (χ2n) is 4.86. The van der Waals surface area contributed by atoms with Gasteiger partial charge in [0.05, 0.1) is 12.7 Å². The number of nitrogens with one attached hydrogen (secondary N) is 1. The monoisotopic (exact) mass is 298 g/mol. The number of ether oxygens (including phenoxy) is 1. The lowest BCUT2D eigenvalue weighted by Gasteiger charge is -2.06. The van der Waals surface area contributed by atoms with E-state index in [1.54, 1.807) is 31.4 Å². The van der Waals surface area contributed by atoms with Crippen molar-refractivity contribution >= 4 is 22.2 Å². The highest BCUT2D eigenvalue weighted by Gasteiger charge is 2.23. The summed E-state index contributed by atoms with van der Waals surface area (Å²) < 4.78 is 5.12. The average Bonchev–Trinajstić information content (AvgIpc) is 3.07. The van der Waals surface area contributed by atoms with Crippen molar-refractivity contribution < 1.29 is 9.53 Å². The highest BCUT2D eigenvalue weighted by atomic mass is 32.1. The first-order valence-electron chi connectivity index (χ1n) is 6.73. The first-order valence-corrected chi connectivity index (χ1v) is 7.54. The van der Waals surface area contributed by atoms with Gasteiger partial charge >= 0.3 is 0 Å². The number of hydrogen-bond acceptors (Lipinski definition) is 4. The van der Waals surface area contributed by atoms with Gasteiger partial charge in [-0.1, -0.05) is 6.07 Å². The molecule has 5 heteroatoms. The maximum atomic E-state index is 12.3. The van der Waals surface area contributed by atoms with Crippen LogP contribution in [0, 0.1) is 11.3 Å². The summed E-state index contributed by atoms with van der Waals surface area (Å²) in [6.07, 6.45) is 3.04. The maximum absolute atomic E-state index is 12.3. The van der Waals surface area contributed by atoms with Crippen LogP contribution >= 0.6 is 11.3 Å². The second-order valence-corrected chi connectivity index (χ2v) is 5.96. The molecular weight excluding hydrogens is 284 g/mol. The fourth-order valence-corrected chi connectivity index (χ4v) is 3.78. The number of thiophene rings is 1. The number of carbonyl (C=O) groups excluding carboxylic acids is 1. The second kappa shape index (κ2) is 5.58. The molecular formula is C16H14N2O2S. The molecule has 21 heavy (non-hydrogen) atoms. The number of carbonyl (C=O) groups is 1. The highest BCUT2D eigenvalue weighted by molar-refractivity contribution is 7.16. The summed E-state index contributed by atoms with van der Waals surface area (Å²) in [5.41, 5.74) is 2.26. The first-order chi connectivity index (χ1) is 10.2. The number of methoxy groups -OCH3 is 1. The zero-order chi connectivity index (χ0) is 14.8. The number of nitrogens with zero attached hydrogens (tertiary/aromatic N) is 1. The van der Waals surface area contributed by atoms with Gasteiger partial charge in [-0.3, -0.25) is 4.79 Å². The van der Waals surface area contributed by atoms with Crippen molar-refractivity contribution in [2.45, 2.75) is 19.3 Å². The molecule has 0 aliphatic heterocycles. The van der Waals surface area contributed by atoms with Crippen LogP contribution in [0.4, 0.5) is 5.00 Å². The molecule has 0 saturated heterocycles. The molecule has 1 aromatic carbocycles. The molecule has 4 nitrogen and oxygen atoms in total. The SMILES string of the molecule is COc1cccc(C(=O)Nc2sc3c(c2C#N)CCC3)c1. The molecule has 1 N–H and O–H groups in total. The molecule has 3 rings (SSSR count). The average molecular weight is 298 g/mol. The van der Waals surface area contributed by atoms with E-state index in [2.05, 4.69) is 11.4 Å².